The molecule has 27 heavy (non-hydrogen) atoms. The largest absolute Gasteiger partial charge is 0.506 e. The van der Waals surface area contributed by atoms with Gasteiger partial charge in [-0.15, -0.1) is 0 Å². The highest BCUT2D eigenvalue weighted by Crippen LogP contribution is 2.27. The number of anilines is 2. The summed E-state index contributed by atoms with van der Waals surface area (Å²) in [5.74, 6) is 1.19. The SMILES string of the molecule is CCN(CC)S(=O)(=O)c1ccc(N2CCN(c3ccccc3O)CC2)[nH+]c1. The number of piperazine rings is 1. The number of aromatic amines is 1. The molecule has 1 aliphatic rings. The van der Waals surface area contributed by atoms with Gasteiger partial charge in [-0.3, -0.25) is 4.90 Å². The highest BCUT2D eigenvalue weighted by molar-refractivity contribution is 7.89. The van der Waals surface area contributed by atoms with Crippen molar-refractivity contribution in [2.75, 3.05) is 49.1 Å². The summed E-state index contributed by atoms with van der Waals surface area (Å²) in [6.07, 6.45) is 1.57. The fourth-order valence-electron chi connectivity index (χ4n) is 3.39. The van der Waals surface area contributed by atoms with E-state index in [1.807, 2.05) is 38.1 Å². The average Bonchev–Trinajstić information content (AvgIpc) is 2.69. The van der Waals surface area contributed by atoms with E-state index in [-0.39, 0.29) is 4.90 Å². The predicted molar refractivity (Wildman–Crippen MR) is 106 cm³/mol. The van der Waals surface area contributed by atoms with Crippen molar-refractivity contribution in [2.45, 2.75) is 18.7 Å². The van der Waals surface area contributed by atoms with Crippen molar-refractivity contribution in [3.05, 3.63) is 42.6 Å². The van der Waals surface area contributed by atoms with Gasteiger partial charge in [0.2, 0.25) is 10.0 Å². The maximum Gasteiger partial charge on any atom is 0.274 e. The molecule has 0 radical (unpaired) electrons. The Bertz CT molecular complexity index is 859. The van der Waals surface area contributed by atoms with Crippen molar-refractivity contribution < 1.29 is 18.5 Å². The molecule has 8 heteroatoms. The first-order chi connectivity index (χ1) is 13.0. The zero-order chi connectivity index (χ0) is 19.4. The van der Waals surface area contributed by atoms with Crippen LogP contribution in [0.4, 0.5) is 11.5 Å². The Morgan fingerprint density at radius 3 is 2.19 bits per heavy atom. The summed E-state index contributed by atoms with van der Waals surface area (Å²) in [6, 6.07) is 10.8. The number of pyridine rings is 1. The summed E-state index contributed by atoms with van der Waals surface area (Å²) in [7, 11) is -3.45. The number of rotatable bonds is 6. The molecule has 0 bridgehead atoms. The minimum Gasteiger partial charge on any atom is -0.506 e. The quantitative estimate of drug-likeness (QED) is 0.809. The predicted octanol–water partition coefficient (Wildman–Crippen LogP) is 1.56. The van der Waals surface area contributed by atoms with Crippen LogP contribution < -0.4 is 14.8 Å². The molecule has 0 spiro atoms. The standard InChI is InChI=1S/C19H26N4O3S/c1-3-23(4-2)27(25,26)16-9-10-19(20-15-16)22-13-11-21(12-14-22)17-7-5-6-8-18(17)24/h5-10,15,24H,3-4,11-14H2,1-2H3/p+1. The fraction of sp³-hybridized carbons (Fsp3) is 0.421. The second-order valence-corrected chi connectivity index (χ2v) is 8.40. The number of aromatic hydroxyl groups is 1. The number of H-pyrrole nitrogens is 1. The van der Waals surface area contributed by atoms with E-state index in [0.717, 1.165) is 37.7 Å². The van der Waals surface area contributed by atoms with Crippen LogP contribution in [0.1, 0.15) is 13.8 Å². The zero-order valence-corrected chi connectivity index (χ0v) is 16.6. The highest BCUT2D eigenvalue weighted by atomic mass is 32.2. The molecule has 0 amide bonds. The molecule has 2 aromatic rings. The number of aromatic nitrogens is 1. The Morgan fingerprint density at radius 2 is 1.63 bits per heavy atom. The van der Waals surface area contributed by atoms with Crippen molar-refractivity contribution >= 4 is 21.5 Å². The van der Waals surface area contributed by atoms with Gasteiger partial charge in [-0.05, 0) is 18.2 Å². The summed E-state index contributed by atoms with van der Waals surface area (Å²) in [4.78, 5) is 7.76. The molecule has 146 valence electrons. The maximum absolute atomic E-state index is 12.6. The van der Waals surface area contributed by atoms with Gasteiger partial charge in [-0.2, -0.15) is 4.31 Å². The van der Waals surface area contributed by atoms with Crippen LogP contribution in [0.3, 0.4) is 0 Å². The Labute approximate surface area is 160 Å². The third-order valence-corrected chi connectivity index (χ3v) is 7.00. The number of phenols is 1. The molecule has 0 atom stereocenters. The lowest BCUT2D eigenvalue weighted by Crippen LogP contribution is -2.48. The van der Waals surface area contributed by atoms with Crippen molar-refractivity contribution in [3.8, 4) is 5.75 Å². The first-order valence-electron chi connectivity index (χ1n) is 9.27. The molecule has 1 aromatic heterocycles. The van der Waals surface area contributed by atoms with Gasteiger partial charge in [0.1, 0.15) is 29.9 Å². The summed E-state index contributed by atoms with van der Waals surface area (Å²) in [6.45, 7) is 7.71. The summed E-state index contributed by atoms with van der Waals surface area (Å²) in [5, 5.41) is 10.0. The first-order valence-corrected chi connectivity index (χ1v) is 10.7. The fourth-order valence-corrected chi connectivity index (χ4v) is 4.82. The minimum atomic E-state index is -3.45. The van der Waals surface area contributed by atoms with Gasteiger partial charge in [-0.25, -0.2) is 13.4 Å². The average molecular weight is 392 g/mol. The van der Waals surface area contributed by atoms with Crippen molar-refractivity contribution in [3.63, 3.8) is 0 Å². The molecular formula is C19H27N4O3S+. The second kappa shape index (κ2) is 8.14. The van der Waals surface area contributed by atoms with E-state index < -0.39 is 10.0 Å². The number of nitrogens with one attached hydrogen (secondary N) is 1. The molecule has 0 aliphatic carbocycles. The number of sulfonamides is 1. The summed E-state index contributed by atoms with van der Waals surface area (Å²) < 4.78 is 26.6. The van der Waals surface area contributed by atoms with E-state index in [0.29, 0.717) is 18.8 Å². The number of para-hydroxylation sites is 2. The maximum atomic E-state index is 12.6. The Morgan fingerprint density at radius 1 is 1.00 bits per heavy atom. The Balaban J connectivity index is 1.68. The molecule has 2 N–H and O–H groups in total. The number of hydrogen-bond donors (Lipinski definition) is 1. The molecule has 7 nitrogen and oxygen atoms in total. The van der Waals surface area contributed by atoms with Crippen molar-refractivity contribution in [1.82, 2.24) is 4.31 Å². The number of phenolic OH excluding ortho intramolecular Hbond substituents is 1. The van der Waals surface area contributed by atoms with Gasteiger partial charge in [-0.1, -0.05) is 26.0 Å². The lowest BCUT2D eigenvalue weighted by molar-refractivity contribution is -0.367. The van der Waals surface area contributed by atoms with Crippen molar-refractivity contribution in [1.29, 1.82) is 0 Å². The third kappa shape index (κ3) is 4.01. The molecule has 3 rings (SSSR count). The van der Waals surface area contributed by atoms with E-state index in [9.17, 15) is 13.5 Å². The van der Waals surface area contributed by atoms with Gasteiger partial charge in [0.05, 0.1) is 18.8 Å². The molecular weight excluding hydrogens is 364 g/mol. The van der Waals surface area contributed by atoms with E-state index >= 15 is 0 Å². The van der Waals surface area contributed by atoms with Crippen LogP contribution in [0.25, 0.3) is 0 Å². The Kier molecular flexibility index (Phi) is 5.86. The van der Waals surface area contributed by atoms with Crippen molar-refractivity contribution in [2.24, 2.45) is 0 Å². The molecule has 1 aliphatic heterocycles. The monoisotopic (exact) mass is 391 g/mol. The number of nitrogens with zero attached hydrogens (tertiary/aromatic N) is 3. The van der Waals surface area contributed by atoms with Gasteiger partial charge in [0.15, 0.2) is 0 Å². The number of hydrogen-bond acceptors (Lipinski definition) is 5. The third-order valence-electron chi connectivity index (χ3n) is 4.95. The van der Waals surface area contributed by atoms with E-state index in [2.05, 4.69) is 14.8 Å². The van der Waals surface area contributed by atoms with E-state index in [1.54, 1.807) is 18.3 Å². The topological polar surface area (TPSA) is 78.2 Å². The molecule has 1 aromatic carbocycles. The van der Waals surface area contributed by atoms with Gasteiger partial charge in [0, 0.05) is 19.2 Å². The lowest BCUT2D eigenvalue weighted by Gasteiger charge is -2.32. The Hall–Kier alpha value is -2.32. The lowest BCUT2D eigenvalue weighted by atomic mass is 10.2. The number of benzene rings is 1. The normalized spacial score (nSPS) is 15.4. The van der Waals surface area contributed by atoms with Crippen LogP contribution in [0.5, 0.6) is 5.75 Å². The van der Waals surface area contributed by atoms with Gasteiger partial charge >= 0.3 is 0 Å². The first kappa shape index (κ1) is 19.4. The van der Waals surface area contributed by atoms with E-state index in [4.69, 9.17) is 0 Å². The smallest absolute Gasteiger partial charge is 0.274 e. The summed E-state index contributed by atoms with van der Waals surface area (Å²) >= 11 is 0. The van der Waals surface area contributed by atoms with Crippen LogP contribution >= 0.6 is 0 Å². The minimum absolute atomic E-state index is 0.280. The second-order valence-electron chi connectivity index (χ2n) is 6.46. The summed E-state index contributed by atoms with van der Waals surface area (Å²) in [5.41, 5.74) is 0.849. The molecule has 0 saturated carbocycles. The van der Waals surface area contributed by atoms with E-state index in [1.165, 1.54) is 4.31 Å². The van der Waals surface area contributed by atoms with Crippen LogP contribution in [-0.2, 0) is 10.0 Å². The highest BCUT2D eigenvalue weighted by Gasteiger charge is 2.27. The molecule has 1 fully saturated rings. The molecule has 1 saturated heterocycles. The van der Waals surface area contributed by atoms with Crippen LogP contribution in [-0.4, -0.2) is 57.1 Å². The van der Waals surface area contributed by atoms with Gasteiger partial charge in [0.25, 0.3) is 5.82 Å². The van der Waals surface area contributed by atoms with Crippen LogP contribution in [0.15, 0.2) is 47.5 Å². The van der Waals surface area contributed by atoms with Gasteiger partial charge < -0.3 is 10.0 Å². The zero-order valence-electron chi connectivity index (χ0n) is 15.8. The molecule has 0 unspecified atom stereocenters. The molecule has 2 heterocycles. The van der Waals surface area contributed by atoms with Crippen LogP contribution in [0.2, 0.25) is 0 Å². The van der Waals surface area contributed by atoms with Crippen LogP contribution in [0, 0.1) is 0 Å².